The largest absolute Gasteiger partial charge is 0.468 e. The minimum Gasteiger partial charge on any atom is -0.468 e. The zero-order chi connectivity index (χ0) is 11.1. The summed E-state index contributed by atoms with van der Waals surface area (Å²) < 4.78 is 4.47. The predicted molar refractivity (Wildman–Crippen MR) is 54.8 cm³/mol. The van der Waals surface area contributed by atoms with Crippen LogP contribution in [0, 0.1) is 11.3 Å². The Morgan fingerprint density at radius 2 is 2.20 bits per heavy atom. The number of hydrogen-bond acceptors (Lipinski definition) is 4. The van der Waals surface area contributed by atoms with E-state index in [2.05, 4.69) is 16.1 Å². The molecule has 1 rings (SSSR count). The SMILES string of the molecule is COC(=O)CNC(C#N)c1ccccc1. The van der Waals surface area contributed by atoms with Gasteiger partial charge in [-0.2, -0.15) is 5.26 Å². The number of hydrogen-bond donors (Lipinski definition) is 1. The highest BCUT2D eigenvalue weighted by Crippen LogP contribution is 2.10. The van der Waals surface area contributed by atoms with Gasteiger partial charge in [0.15, 0.2) is 0 Å². The van der Waals surface area contributed by atoms with Gasteiger partial charge in [0.05, 0.1) is 19.7 Å². The molecule has 1 aromatic rings. The van der Waals surface area contributed by atoms with Crippen LogP contribution >= 0.6 is 0 Å². The van der Waals surface area contributed by atoms with Crippen molar-refractivity contribution in [3.63, 3.8) is 0 Å². The van der Waals surface area contributed by atoms with E-state index >= 15 is 0 Å². The number of ether oxygens (including phenoxy) is 1. The van der Waals surface area contributed by atoms with Gasteiger partial charge < -0.3 is 4.74 Å². The molecule has 0 aliphatic rings. The number of benzene rings is 1. The fraction of sp³-hybridized carbons (Fsp3) is 0.273. The summed E-state index contributed by atoms with van der Waals surface area (Å²) in [6, 6.07) is 10.8. The average molecular weight is 204 g/mol. The van der Waals surface area contributed by atoms with Crippen molar-refractivity contribution >= 4 is 5.97 Å². The Bertz CT molecular complexity index is 357. The first-order valence-electron chi connectivity index (χ1n) is 4.52. The van der Waals surface area contributed by atoms with Crippen LogP contribution < -0.4 is 5.32 Å². The molecule has 0 bridgehead atoms. The number of rotatable bonds is 4. The summed E-state index contributed by atoms with van der Waals surface area (Å²) in [7, 11) is 1.31. The van der Waals surface area contributed by atoms with E-state index in [-0.39, 0.29) is 12.5 Å². The van der Waals surface area contributed by atoms with E-state index in [9.17, 15) is 4.79 Å². The van der Waals surface area contributed by atoms with Crippen molar-refractivity contribution in [2.75, 3.05) is 13.7 Å². The van der Waals surface area contributed by atoms with E-state index in [0.29, 0.717) is 0 Å². The van der Waals surface area contributed by atoms with Crippen LogP contribution in [-0.2, 0) is 9.53 Å². The standard InChI is InChI=1S/C11H12N2O2/c1-15-11(14)8-13-10(7-12)9-5-3-2-4-6-9/h2-6,10,13H,8H2,1H3. The highest BCUT2D eigenvalue weighted by molar-refractivity contribution is 5.71. The molecule has 1 aromatic carbocycles. The van der Waals surface area contributed by atoms with Gasteiger partial charge in [0.1, 0.15) is 6.04 Å². The van der Waals surface area contributed by atoms with Gasteiger partial charge in [-0.25, -0.2) is 0 Å². The third-order valence-electron chi connectivity index (χ3n) is 1.94. The highest BCUT2D eigenvalue weighted by Gasteiger charge is 2.10. The minimum atomic E-state index is -0.481. The highest BCUT2D eigenvalue weighted by atomic mass is 16.5. The van der Waals surface area contributed by atoms with E-state index in [1.165, 1.54) is 7.11 Å². The van der Waals surface area contributed by atoms with Crippen molar-refractivity contribution in [1.82, 2.24) is 5.32 Å². The lowest BCUT2D eigenvalue weighted by Gasteiger charge is -2.10. The van der Waals surface area contributed by atoms with Crippen molar-refractivity contribution in [3.8, 4) is 6.07 Å². The molecule has 1 N–H and O–H groups in total. The van der Waals surface area contributed by atoms with Gasteiger partial charge in [-0.3, -0.25) is 10.1 Å². The summed E-state index contributed by atoms with van der Waals surface area (Å²) in [4.78, 5) is 10.9. The number of nitriles is 1. The first-order valence-corrected chi connectivity index (χ1v) is 4.52. The summed E-state index contributed by atoms with van der Waals surface area (Å²) in [5.41, 5.74) is 0.837. The van der Waals surface area contributed by atoms with Crippen LogP contribution in [0.3, 0.4) is 0 Å². The smallest absolute Gasteiger partial charge is 0.319 e. The maximum absolute atomic E-state index is 10.9. The Morgan fingerprint density at radius 3 is 2.73 bits per heavy atom. The molecule has 1 atom stereocenters. The molecule has 78 valence electrons. The van der Waals surface area contributed by atoms with E-state index in [0.717, 1.165) is 5.56 Å². The molecule has 0 saturated heterocycles. The van der Waals surface area contributed by atoms with Crippen molar-refractivity contribution in [3.05, 3.63) is 35.9 Å². The summed E-state index contributed by atoms with van der Waals surface area (Å²) in [5, 5.41) is 11.7. The third-order valence-corrected chi connectivity index (χ3v) is 1.94. The first-order chi connectivity index (χ1) is 7.27. The lowest BCUT2D eigenvalue weighted by Crippen LogP contribution is -2.27. The molecule has 0 amide bonds. The van der Waals surface area contributed by atoms with Crippen LogP contribution in [0.5, 0.6) is 0 Å². The van der Waals surface area contributed by atoms with Gasteiger partial charge in [-0.05, 0) is 5.56 Å². The summed E-state index contributed by atoms with van der Waals surface area (Å²) in [6.07, 6.45) is 0. The Hall–Kier alpha value is -1.86. The maximum Gasteiger partial charge on any atom is 0.319 e. The summed E-state index contributed by atoms with van der Waals surface area (Å²) >= 11 is 0. The first kappa shape index (κ1) is 11.2. The van der Waals surface area contributed by atoms with Crippen LogP contribution in [-0.4, -0.2) is 19.6 Å². The van der Waals surface area contributed by atoms with Crippen LogP contribution in [0.25, 0.3) is 0 Å². The van der Waals surface area contributed by atoms with Gasteiger partial charge in [0, 0.05) is 0 Å². The lowest BCUT2D eigenvalue weighted by atomic mass is 10.1. The Morgan fingerprint density at radius 1 is 1.53 bits per heavy atom. The quantitative estimate of drug-likeness (QED) is 0.743. The van der Waals surface area contributed by atoms with Gasteiger partial charge in [-0.15, -0.1) is 0 Å². The van der Waals surface area contributed by atoms with E-state index in [1.807, 2.05) is 30.3 Å². The zero-order valence-electron chi connectivity index (χ0n) is 8.43. The summed E-state index contributed by atoms with van der Waals surface area (Å²) in [5.74, 6) is -0.383. The Balaban J connectivity index is 2.59. The van der Waals surface area contributed by atoms with E-state index in [4.69, 9.17) is 5.26 Å². The fourth-order valence-electron chi connectivity index (χ4n) is 1.14. The number of nitrogens with zero attached hydrogens (tertiary/aromatic N) is 1. The van der Waals surface area contributed by atoms with Gasteiger partial charge >= 0.3 is 5.97 Å². The second kappa shape index (κ2) is 5.78. The van der Waals surface area contributed by atoms with Crippen molar-refractivity contribution in [1.29, 1.82) is 5.26 Å². The van der Waals surface area contributed by atoms with E-state index < -0.39 is 6.04 Å². The van der Waals surface area contributed by atoms with Crippen molar-refractivity contribution in [2.24, 2.45) is 0 Å². The van der Waals surface area contributed by atoms with Gasteiger partial charge in [0.25, 0.3) is 0 Å². The molecule has 4 nitrogen and oxygen atoms in total. The molecular weight excluding hydrogens is 192 g/mol. The lowest BCUT2D eigenvalue weighted by molar-refractivity contribution is -0.139. The number of methoxy groups -OCH3 is 1. The van der Waals surface area contributed by atoms with Crippen molar-refractivity contribution < 1.29 is 9.53 Å². The summed E-state index contributed by atoms with van der Waals surface area (Å²) in [6.45, 7) is 0.0314. The molecule has 0 aromatic heterocycles. The molecule has 0 spiro atoms. The van der Waals surface area contributed by atoms with E-state index in [1.54, 1.807) is 0 Å². The molecule has 1 unspecified atom stereocenters. The minimum absolute atomic E-state index is 0.0314. The molecule has 0 radical (unpaired) electrons. The number of carbonyl (C=O) groups is 1. The normalized spacial score (nSPS) is 11.5. The van der Waals surface area contributed by atoms with Crippen molar-refractivity contribution in [2.45, 2.75) is 6.04 Å². The van der Waals surface area contributed by atoms with Gasteiger partial charge in [-0.1, -0.05) is 30.3 Å². The topological polar surface area (TPSA) is 62.1 Å². The van der Waals surface area contributed by atoms with Crippen LogP contribution in [0.15, 0.2) is 30.3 Å². The molecule has 15 heavy (non-hydrogen) atoms. The molecule has 0 heterocycles. The van der Waals surface area contributed by atoms with Gasteiger partial charge in [0.2, 0.25) is 0 Å². The molecule has 0 aliphatic carbocycles. The van der Waals surface area contributed by atoms with Crippen LogP contribution in [0.2, 0.25) is 0 Å². The fourth-order valence-corrected chi connectivity index (χ4v) is 1.14. The zero-order valence-corrected chi connectivity index (χ0v) is 8.43. The molecular formula is C11H12N2O2. The second-order valence-electron chi connectivity index (χ2n) is 2.93. The Labute approximate surface area is 88.5 Å². The average Bonchev–Trinajstić information content (AvgIpc) is 2.31. The Kier molecular flexibility index (Phi) is 4.32. The number of esters is 1. The number of nitrogens with one attached hydrogen (secondary N) is 1. The second-order valence-corrected chi connectivity index (χ2v) is 2.93. The number of carbonyl (C=O) groups excluding carboxylic acids is 1. The maximum atomic E-state index is 10.9. The third kappa shape index (κ3) is 3.41. The van der Waals surface area contributed by atoms with Crippen LogP contribution in [0.4, 0.5) is 0 Å². The molecule has 4 heteroatoms. The molecule has 0 fully saturated rings. The van der Waals surface area contributed by atoms with Crippen LogP contribution in [0.1, 0.15) is 11.6 Å². The molecule has 0 saturated carbocycles. The molecule has 0 aliphatic heterocycles. The predicted octanol–water partition coefficient (Wildman–Crippen LogP) is 1.01. The monoisotopic (exact) mass is 204 g/mol.